The van der Waals surface area contributed by atoms with Gasteiger partial charge in [-0.25, -0.2) is 13.2 Å². The lowest BCUT2D eigenvalue weighted by atomic mass is 9.96. The molecule has 4 rings (SSSR count). The molecule has 7 heteroatoms. The van der Waals surface area contributed by atoms with Gasteiger partial charge in [0, 0.05) is 24.3 Å². The number of rotatable bonds is 2. The predicted octanol–water partition coefficient (Wildman–Crippen LogP) is 3.00. The second-order valence-corrected chi connectivity index (χ2v) is 9.05. The van der Waals surface area contributed by atoms with Crippen LogP contribution >= 0.6 is 0 Å². The normalized spacial score (nSPS) is 18.7. The van der Waals surface area contributed by atoms with Gasteiger partial charge in [0.2, 0.25) is 9.84 Å². The molecule has 27 heavy (non-hydrogen) atoms. The number of anilines is 1. The summed E-state index contributed by atoms with van der Waals surface area (Å²) in [6.45, 7) is 3.88. The molecule has 0 saturated carbocycles. The molecule has 0 spiro atoms. The van der Waals surface area contributed by atoms with Gasteiger partial charge in [0.15, 0.2) is 5.78 Å². The third kappa shape index (κ3) is 2.73. The number of sulfone groups is 1. The van der Waals surface area contributed by atoms with E-state index in [1.54, 1.807) is 12.1 Å². The van der Waals surface area contributed by atoms with Gasteiger partial charge in [0.1, 0.15) is 0 Å². The number of piperidine rings is 1. The second kappa shape index (κ2) is 6.20. The highest BCUT2D eigenvalue weighted by atomic mass is 32.2. The van der Waals surface area contributed by atoms with Gasteiger partial charge in [-0.2, -0.15) is 0 Å². The van der Waals surface area contributed by atoms with Crippen LogP contribution < -0.4 is 4.90 Å². The fraction of sp³-hybridized carbons (Fsp3) is 0.300. The maximum absolute atomic E-state index is 13.1. The molecule has 1 saturated heterocycles. The van der Waals surface area contributed by atoms with Crippen molar-refractivity contribution in [2.24, 2.45) is 5.92 Å². The quantitative estimate of drug-likeness (QED) is 0.729. The first-order valence-corrected chi connectivity index (χ1v) is 10.3. The molecule has 140 valence electrons. The first kappa shape index (κ1) is 17.7. The largest absolute Gasteiger partial charge is 0.478 e. The van der Waals surface area contributed by atoms with Crippen LogP contribution in [-0.4, -0.2) is 38.4 Å². The van der Waals surface area contributed by atoms with E-state index in [0.29, 0.717) is 5.92 Å². The van der Waals surface area contributed by atoms with Crippen molar-refractivity contribution in [2.45, 2.75) is 29.6 Å². The van der Waals surface area contributed by atoms with Crippen LogP contribution in [0.15, 0.2) is 46.2 Å². The van der Waals surface area contributed by atoms with Crippen LogP contribution in [0.1, 0.15) is 46.0 Å². The van der Waals surface area contributed by atoms with E-state index in [1.807, 2.05) is 0 Å². The first-order chi connectivity index (χ1) is 12.8. The summed E-state index contributed by atoms with van der Waals surface area (Å²) in [5.74, 6) is -1.24. The number of benzene rings is 2. The Hall–Kier alpha value is -2.67. The van der Waals surface area contributed by atoms with E-state index in [1.165, 1.54) is 24.3 Å². The van der Waals surface area contributed by atoms with Crippen LogP contribution in [0, 0.1) is 5.92 Å². The molecule has 0 atom stereocenters. The number of hydrogen-bond acceptors (Lipinski definition) is 5. The zero-order valence-electron chi connectivity index (χ0n) is 14.8. The van der Waals surface area contributed by atoms with Gasteiger partial charge < -0.3 is 10.0 Å². The zero-order chi connectivity index (χ0) is 19.3. The lowest BCUT2D eigenvalue weighted by Gasteiger charge is -2.33. The maximum atomic E-state index is 13.1. The standard InChI is InChI=1S/C20H19NO5S/c1-12-7-9-21(10-8-12)13-5-6-14-17(11-13)27(25,26)16-4-2-3-15(20(23)24)18(16)19(14)22/h2-6,11-12H,7-10H2,1H3,(H,23,24). The monoisotopic (exact) mass is 385 g/mol. The summed E-state index contributed by atoms with van der Waals surface area (Å²) in [5.41, 5.74) is 0.262. The third-order valence-corrected chi connectivity index (χ3v) is 7.26. The fourth-order valence-electron chi connectivity index (χ4n) is 3.81. The number of ketones is 1. The van der Waals surface area contributed by atoms with Crippen LogP contribution in [0.2, 0.25) is 0 Å². The van der Waals surface area contributed by atoms with Crippen molar-refractivity contribution in [1.29, 1.82) is 0 Å². The van der Waals surface area contributed by atoms with Crippen LogP contribution in [0.5, 0.6) is 0 Å². The Bertz CT molecular complexity index is 1070. The Kier molecular flexibility index (Phi) is 4.07. The zero-order valence-corrected chi connectivity index (χ0v) is 15.6. The summed E-state index contributed by atoms with van der Waals surface area (Å²) in [5, 5.41) is 9.36. The second-order valence-electron chi connectivity index (χ2n) is 7.17. The summed E-state index contributed by atoms with van der Waals surface area (Å²) in [6, 6.07) is 8.71. The highest BCUT2D eigenvalue weighted by Crippen LogP contribution is 2.38. The fourth-order valence-corrected chi connectivity index (χ4v) is 5.50. The lowest BCUT2D eigenvalue weighted by Crippen LogP contribution is -2.33. The minimum atomic E-state index is -3.97. The summed E-state index contributed by atoms with van der Waals surface area (Å²) < 4.78 is 26.3. The number of aromatic carboxylic acids is 1. The Balaban J connectivity index is 1.86. The number of nitrogens with zero attached hydrogens (tertiary/aromatic N) is 1. The molecule has 2 aliphatic rings. The molecule has 0 unspecified atom stereocenters. The molecule has 2 heterocycles. The van der Waals surface area contributed by atoms with Crippen molar-refractivity contribution in [2.75, 3.05) is 18.0 Å². The molecule has 0 radical (unpaired) electrons. The molecule has 0 aromatic heterocycles. The minimum Gasteiger partial charge on any atom is -0.478 e. The van der Waals surface area contributed by atoms with E-state index in [4.69, 9.17) is 0 Å². The number of hydrogen-bond donors (Lipinski definition) is 1. The maximum Gasteiger partial charge on any atom is 0.336 e. The van der Waals surface area contributed by atoms with Gasteiger partial charge in [-0.05, 0) is 49.1 Å². The Morgan fingerprint density at radius 1 is 1.11 bits per heavy atom. The van der Waals surface area contributed by atoms with Gasteiger partial charge in [0.25, 0.3) is 0 Å². The molecule has 2 aliphatic heterocycles. The topological polar surface area (TPSA) is 91.8 Å². The average Bonchev–Trinajstić information content (AvgIpc) is 2.66. The summed E-state index contributed by atoms with van der Waals surface area (Å²) in [4.78, 5) is 26.2. The molecular formula is C20H19NO5S. The molecule has 0 amide bonds. The molecule has 0 bridgehead atoms. The van der Waals surface area contributed by atoms with Crippen molar-refractivity contribution in [3.05, 3.63) is 53.1 Å². The Morgan fingerprint density at radius 2 is 1.81 bits per heavy atom. The highest BCUT2D eigenvalue weighted by Gasteiger charge is 2.38. The molecule has 1 fully saturated rings. The van der Waals surface area contributed by atoms with Crippen LogP contribution in [0.4, 0.5) is 5.69 Å². The molecule has 0 aliphatic carbocycles. The van der Waals surface area contributed by atoms with E-state index in [0.717, 1.165) is 31.6 Å². The van der Waals surface area contributed by atoms with E-state index < -0.39 is 21.6 Å². The van der Waals surface area contributed by atoms with Gasteiger partial charge in [-0.1, -0.05) is 13.0 Å². The SMILES string of the molecule is CC1CCN(c2ccc3c(c2)S(=O)(=O)c2cccc(C(=O)O)c2C3=O)CC1. The van der Waals surface area contributed by atoms with Gasteiger partial charge in [-0.3, -0.25) is 4.79 Å². The number of carbonyl (C=O) groups excluding carboxylic acids is 1. The molecule has 6 nitrogen and oxygen atoms in total. The van der Waals surface area contributed by atoms with Crippen molar-refractivity contribution in [3.8, 4) is 0 Å². The Morgan fingerprint density at radius 3 is 2.48 bits per heavy atom. The summed E-state index contributed by atoms with van der Waals surface area (Å²) in [7, 11) is -3.97. The van der Waals surface area contributed by atoms with Crippen molar-refractivity contribution in [1.82, 2.24) is 0 Å². The van der Waals surface area contributed by atoms with Crippen molar-refractivity contribution in [3.63, 3.8) is 0 Å². The van der Waals surface area contributed by atoms with Gasteiger partial charge in [-0.15, -0.1) is 0 Å². The third-order valence-electron chi connectivity index (χ3n) is 5.42. The van der Waals surface area contributed by atoms with Gasteiger partial charge >= 0.3 is 5.97 Å². The molecular weight excluding hydrogens is 366 g/mol. The molecule has 2 aromatic carbocycles. The first-order valence-electron chi connectivity index (χ1n) is 8.86. The number of carbonyl (C=O) groups is 2. The molecule has 1 N–H and O–H groups in total. The number of carboxylic acids is 1. The van der Waals surface area contributed by atoms with E-state index in [9.17, 15) is 23.1 Å². The van der Waals surface area contributed by atoms with Crippen LogP contribution in [0.25, 0.3) is 0 Å². The Labute approximate surface area is 157 Å². The minimum absolute atomic E-state index is 0.0327. The summed E-state index contributed by atoms with van der Waals surface area (Å²) >= 11 is 0. The lowest BCUT2D eigenvalue weighted by molar-refractivity contribution is 0.0692. The van der Waals surface area contributed by atoms with Crippen molar-refractivity contribution >= 4 is 27.3 Å². The van der Waals surface area contributed by atoms with E-state index in [2.05, 4.69) is 11.8 Å². The van der Waals surface area contributed by atoms with E-state index in [-0.39, 0.29) is 26.5 Å². The van der Waals surface area contributed by atoms with E-state index >= 15 is 0 Å². The average molecular weight is 385 g/mol. The van der Waals surface area contributed by atoms with Crippen molar-refractivity contribution < 1.29 is 23.1 Å². The number of fused-ring (bicyclic) bond motifs is 2. The predicted molar refractivity (Wildman–Crippen MR) is 99.3 cm³/mol. The van der Waals surface area contributed by atoms with Crippen LogP contribution in [0.3, 0.4) is 0 Å². The smallest absolute Gasteiger partial charge is 0.336 e. The molecule has 2 aromatic rings. The summed E-state index contributed by atoms with van der Waals surface area (Å²) in [6.07, 6.45) is 2.07. The van der Waals surface area contributed by atoms with Gasteiger partial charge in [0.05, 0.1) is 20.9 Å². The van der Waals surface area contributed by atoms with Crippen LogP contribution in [-0.2, 0) is 9.84 Å². The number of carboxylic acid groups (broad SMARTS) is 1. The highest BCUT2D eigenvalue weighted by molar-refractivity contribution is 7.91.